The van der Waals surface area contributed by atoms with E-state index in [2.05, 4.69) is 25.0 Å². The third kappa shape index (κ3) is 4.23. The largest absolute Gasteiger partial charge is 0.374 e. The number of nitrogens with one attached hydrogen (secondary N) is 2. The van der Waals surface area contributed by atoms with Gasteiger partial charge >= 0.3 is 0 Å². The number of imidazole rings is 1. The third-order valence-electron chi connectivity index (χ3n) is 3.80. The number of aromatic nitrogens is 4. The van der Waals surface area contributed by atoms with Crippen molar-refractivity contribution in [3.63, 3.8) is 0 Å². The molecule has 3 heterocycles. The number of aliphatic hydroxyl groups excluding tert-OH is 1. The summed E-state index contributed by atoms with van der Waals surface area (Å²) in [6.07, 6.45) is 5.48. The molecular formula is C17H20N6O3S. The molecule has 0 spiro atoms. The average Bonchev–Trinajstić information content (AvgIpc) is 3.03. The minimum Gasteiger partial charge on any atom is -0.374 e. The van der Waals surface area contributed by atoms with Gasteiger partial charge in [-0.05, 0) is 37.6 Å². The topological polar surface area (TPSA) is 122 Å². The van der Waals surface area contributed by atoms with Crippen LogP contribution in [0.25, 0.3) is 11.1 Å². The summed E-state index contributed by atoms with van der Waals surface area (Å²) in [4.78, 5) is 12.3. The molecule has 0 aliphatic carbocycles. The summed E-state index contributed by atoms with van der Waals surface area (Å²) in [6.45, 7) is 3.30. The molecular weight excluding hydrogens is 368 g/mol. The summed E-state index contributed by atoms with van der Waals surface area (Å²) in [6, 6.07) is 5.22. The standard InChI is InChI=1S/C17H20N6O3S/c1-11-15(22-27(25,26)17-19-6-7-23(17)3)8-14(10-20-11)13-4-5-18-16(9-13)21-12(2)24/h4-10,12,22,24H,1-3H3,(H,18,21). The van der Waals surface area contributed by atoms with Crippen LogP contribution in [0.15, 0.2) is 48.1 Å². The Morgan fingerprint density at radius 2 is 1.93 bits per heavy atom. The molecule has 3 aromatic rings. The molecule has 1 atom stereocenters. The molecule has 0 bridgehead atoms. The molecule has 27 heavy (non-hydrogen) atoms. The van der Waals surface area contributed by atoms with E-state index in [1.807, 2.05) is 0 Å². The summed E-state index contributed by atoms with van der Waals surface area (Å²) in [5.74, 6) is 0.498. The number of rotatable bonds is 6. The van der Waals surface area contributed by atoms with E-state index in [1.54, 1.807) is 57.7 Å². The van der Waals surface area contributed by atoms with Crippen LogP contribution in [0.3, 0.4) is 0 Å². The third-order valence-corrected chi connectivity index (χ3v) is 5.16. The zero-order valence-electron chi connectivity index (χ0n) is 15.1. The lowest BCUT2D eigenvalue weighted by Crippen LogP contribution is -2.18. The van der Waals surface area contributed by atoms with Crippen molar-refractivity contribution in [2.45, 2.75) is 25.2 Å². The lowest BCUT2D eigenvalue weighted by Gasteiger charge is -2.13. The van der Waals surface area contributed by atoms with E-state index in [0.29, 0.717) is 22.8 Å². The fraction of sp³-hybridized carbons (Fsp3) is 0.235. The van der Waals surface area contributed by atoms with Crippen molar-refractivity contribution in [3.8, 4) is 11.1 Å². The van der Waals surface area contributed by atoms with Crippen LogP contribution in [0.1, 0.15) is 12.6 Å². The van der Waals surface area contributed by atoms with Gasteiger partial charge in [0.1, 0.15) is 12.0 Å². The van der Waals surface area contributed by atoms with E-state index in [1.165, 1.54) is 10.8 Å². The van der Waals surface area contributed by atoms with Crippen molar-refractivity contribution in [3.05, 3.63) is 48.7 Å². The Balaban J connectivity index is 1.95. The van der Waals surface area contributed by atoms with Gasteiger partial charge in [-0.2, -0.15) is 8.42 Å². The highest BCUT2D eigenvalue weighted by molar-refractivity contribution is 7.92. The van der Waals surface area contributed by atoms with Gasteiger partial charge in [-0.25, -0.2) is 9.97 Å². The molecule has 0 aromatic carbocycles. The van der Waals surface area contributed by atoms with E-state index in [-0.39, 0.29) is 5.16 Å². The number of aliphatic hydroxyl groups is 1. The molecule has 9 nitrogen and oxygen atoms in total. The first-order valence-corrected chi connectivity index (χ1v) is 9.62. The zero-order valence-corrected chi connectivity index (χ0v) is 15.9. The van der Waals surface area contributed by atoms with Crippen LogP contribution >= 0.6 is 0 Å². The lowest BCUT2D eigenvalue weighted by molar-refractivity contribution is 0.224. The van der Waals surface area contributed by atoms with E-state index in [4.69, 9.17) is 0 Å². The van der Waals surface area contributed by atoms with Crippen molar-refractivity contribution in [2.24, 2.45) is 7.05 Å². The summed E-state index contributed by atoms with van der Waals surface area (Å²) >= 11 is 0. The second kappa shape index (κ2) is 7.33. The molecule has 3 N–H and O–H groups in total. The van der Waals surface area contributed by atoms with Crippen molar-refractivity contribution < 1.29 is 13.5 Å². The predicted octanol–water partition coefficient (Wildman–Crippen LogP) is 1.74. The molecule has 1 unspecified atom stereocenters. The van der Waals surface area contributed by atoms with Crippen molar-refractivity contribution in [2.75, 3.05) is 10.0 Å². The average molecular weight is 388 g/mol. The molecule has 0 aliphatic rings. The maximum atomic E-state index is 12.6. The lowest BCUT2D eigenvalue weighted by atomic mass is 10.1. The summed E-state index contributed by atoms with van der Waals surface area (Å²) in [7, 11) is -2.23. The first kappa shape index (κ1) is 18.8. The number of nitrogens with zero attached hydrogens (tertiary/aromatic N) is 4. The highest BCUT2D eigenvalue weighted by Gasteiger charge is 2.20. The van der Waals surface area contributed by atoms with Crippen LogP contribution in [-0.2, 0) is 17.1 Å². The number of hydrogen-bond acceptors (Lipinski definition) is 7. The maximum absolute atomic E-state index is 12.6. The van der Waals surface area contributed by atoms with Crippen LogP contribution in [0.5, 0.6) is 0 Å². The Labute approximate surface area is 157 Å². The number of hydrogen-bond donors (Lipinski definition) is 3. The van der Waals surface area contributed by atoms with Gasteiger partial charge in [0, 0.05) is 37.4 Å². The maximum Gasteiger partial charge on any atom is 0.295 e. The summed E-state index contributed by atoms with van der Waals surface area (Å²) < 4.78 is 29.1. The number of sulfonamides is 1. The first-order chi connectivity index (χ1) is 12.8. The Morgan fingerprint density at radius 1 is 1.15 bits per heavy atom. The fourth-order valence-corrected chi connectivity index (χ4v) is 3.73. The van der Waals surface area contributed by atoms with Gasteiger partial charge in [0.15, 0.2) is 0 Å². The van der Waals surface area contributed by atoms with Crippen LogP contribution in [0, 0.1) is 6.92 Å². The predicted molar refractivity (Wildman–Crippen MR) is 102 cm³/mol. The molecule has 0 radical (unpaired) electrons. The van der Waals surface area contributed by atoms with E-state index >= 15 is 0 Å². The van der Waals surface area contributed by atoms with Gasteiger partial charge in [0.25, 0.3) is 10.0 Å². The van der Waals surface area contributed by atoms with Crippen molar-refractivity contribution in [1.29, 1.82) is 0 Å². The van der Waals surface area contributed by atoms with Crippen LogP contribution in [0.2, 0.25) is 0 Å². The monoisotopic (exact) mass is 388 g/mol. The fourth-order valence-electron chi connectivity index (χ4n) is 2.50. The molecule has 142 valence electrons. The molecule has 3 rings (SSSR count). The van der Waals surface area contributed by atoms with Crippen LogP contribution in [-0.4, -0.2) is 39.3 Å². The number of pyridine rings is 2. The SMILES string of the molecule is Cc1ncc(-c2ccnc(NC(C)O)c2)cc1NS(=O)(=O)c1nccn1C. The van der Waals surface area contributed by atoms with Gasteiger partial charge < -0.3 is 15.0 Å². The van der Waals surface area contributed by atoms with Crippen molar-refractivity contribution >= 4 is 21.5 Å². The van der Waals surface area contributed by atoms with Crippen molar-refractivity contribution in [1.82, 2.24) is 19.5 Å². The van der Waals surface area contributed by atoms with Crippen LogP contribution in [0.4, 0.5) is 11.5 Å². The van der Waals surface area contributed by atoms with Crippen LogP contribution < -0.4 is 10.0 Å². The summed E-state index contributed by atoms with van der Waals surface area (Å²) in [5, 5.41) is 12.2. The van der Waals surface area contributed by atoms with Gasteiger partial charge in [0.2, 0.25) is 5.16 Å². The Morgan fingerprint density at radius 3 is 2.59 bits per heavy atom. The first-order valence-electron chi connectivity index (χ1n) is 8.14. The van der Waals surface area contributed by atoms with Gasteiger partial charge in [0.05, 0.1) is 11.4 Å². The number of aryl methyl sites for hydroxylation is 2. The van der Waals surface area contributed by atoms with Gasteiger partial charge in [-0.3, -0.25) is 9.71 Å². The Hall–Kier alpha value is -2.98. The van der Waals surface area contributed by atoms with Gasteiger partial charge in [-0.15, -0.1) is 0 Å². The van der Waals surface area contributed by atoms with E-state index < -0.39 is 16.3 Å². The smallest absolute Gasteiger partial charge is 0.295 e. The molecule has 0 amide bonds. The van der Waals surface area contributed by atoms with E-state index in [9.17, 15) is 13.5 Å². The molecule has 0 saturated heterocycles. The Kier molecular flexibility index (Phi) is 5.10. The highest BCUT2D eigenvalue weighted by atomic mass is 32.2. The quantitative estimate of drug-likeness (QED) is 0.550. The normalized spacial score (nSPS) is 12.6. The minimum absolute atomic E-state index is 0.0837. The second-order valence-electron chi connectivity index (χ2n) is 6.03. The molecule has 3 aromatic heterocycles. The molecule has 0 fully saturated rings. The minimum atomic E-state index is -3.84. The van der Waals surface area contributed by atoms with E-state index in [0.717, 1.165) is 5.56 Å². The molecule has 0 aliphatic heterocycles. The summed E-state index contributed by atoms with van der Waals surface area (Å²) in [5.41, 5.74) is 2.37. The zero-order chi connectivity index (χ0) is 19.6. The second-order valence-corrected chi connectivity index (χ2v) is 7.61. The highest BCUT2D eigenvalue weighted by Crippen LogP contribution is 2.26. The van der Waals surface area contributed by atoms with Gasteiger partial charge in [-0.1, -0.05) is 0 Å². The Bertz CT molecular complexity index is 1060. The number of anilines is 2. The molecule has 0 saturated carbocycles. The molecule has 10 heteroatoms.